The third-order valence-electron chi connectivity index (χ3n) is 2.65. The maximum absolute atomic E-state index is 11.0. The first-order valence-electron chi connectivity index (χ1n) is 5.06. The zero-order valence-corrected chi connectivity index (χ0v) is 8.49. The fourth-order valence-electron chi connectivity index (χ4n) is 1.97. The number of hydrogen-bond donors (Lipinski definition) is 1. The molecule has 0 radical (unpaired) electrons. The number of rotatable bonds is 4. The Kier molecular flexibility index (Phi) is 3.92. The monoisotopic (exact) mass is 199 g/mol. The Morgan fingerprint density at radius 1 is 1.43 bits per heavy atom. The first kappa shape index (κ1) is 11.0. The predicted octanol–water partition coefficient (Wildman–Crippen LogP) is 0.984. The minimum absolute atomic E-state index is 0.438. The molecule has 4 heteroatoms. The van der Waals surface area contributed by atoms with E-state index in [2.05, 4.69) is 0 Å². The molecule has 2 N–H and O–H groups in total. The van der Waals surface area contributed by atoms with Gasteiger partial charge in [0.25, 0.3) is 5.91 Å². The Labute approximate surface area is 83.8 Å². The third kappa shape index (κ3) is 3.36. The number of esters is 1. The standard InChI is InChI=1S/C10H17NO3/c1-7(12)14-9(10(11)13)6-8-4-2-3-5-8/h8-9H,2-6H2,1H3,(H2,11,13). The molecule has 1 fully saturated rings. The number of primary amides is 1. The van der Waals surface area contributed by atoms with E-state index in [1.54, 1.807) is 0 Å². The molecule has 1 unspecified atom stereocenters. The van der Waals surface area contributed by atoms with E-state index in [1.165, 1.54) is 19.8 Å². The molecule has 0 heterocycles. The predicted molar refractivity (Wildman–Crippen MR) is 51.3 cm³/mol. The summed E-state index contributed by atoms with van der Waals surface area (Å²) in [4.78, 5) is 21.7. The average molecular weight is 199 g/mol. The van der Waals surface area contributed by atoms with Gasteiger partial charge >= 0.3 is 5.97 Å². The SMILES string of the molecule is CC(=O)OC(CC1CCCC1)C(N)=O. The van der Waals surface area contributed by atoms with Crippen LogP contribution in [0.3, 0.4) is 0 Å². The van der Waals surface area contributed by atoms with Gasteiger partial charge in [0.2, 0.25) is 0 Å². The van der Waals surface area contributed by atoms with Crippen LogP contribution < -0.4 is 5.73 Å². The van der Waals surface area contributed by atoms with E-state index in [9.17, 15) is 9.59 Å². The summed E-state index contributed by atoms with van der Waals surface area (Å²) in [5.41, 5.74) is 5.15. The summed E-state index contributed by atoms with van der Waals surface area (Å²) in [5.74, 6) is -0.481. The molecule has 0 aromatic heterocycles. The summed E-state index contributed by atoms with van der Waals surface area (Å²) in [6.07, 6.45) is 4.51. The minimum Gasteiger partial charge on any atom is -0.452 e. The summed E-state index contributed by atoms with van der Waals surface area (Å²) in [6.45, 7) is 1.30. The van der Waals surface area contributed by atoms with Crippen molar-refractivity contribution < 1.29 is 14.3 Å². The molecule has 0 aromatic carbocycles. The van der Waals surface area contributed by atoms with Crippen LogP contribution >= 0.6 is 0 Å². The van der Waals surface area contributed by atoms with Crippen molar-refractivity contribution in [2.75, 3.05) is 0 Å². The Bertz CT molecular complexity index is 221. The Morgan fingerprint density at radius 2 is 2.00 bits per heavy atom. The lowest BCUT2D eigenvalue weighted by Gasteiger charge is -2.17. The topological polar surface area (TPSA) is 69.4 Å². The lowest BCUT2D eigenvalue weighted by Crippen LogP contribution is -2.34. The lowest BCUT2D eigenvalue weighted by atomic mass is 10.00. The second-order valence-corrected chi connectivity index (χ2v) is 3.89. The second kappa shape index (κ2) is 4.98. The van der Waals surface area contributed by atoms with Gasteiger partial charge in [0.15, 0.2) is 6.10 Å². The van der Waals surface area contributed by atoms with Gasteiger partial charge in [0.05, 0.1) is 0 Å². The average Bonchev–Trinajstić information content (AvgIpc) is 2.54. The largest absolute Gasteiger partial charge is 0.452 e. The van der Waals surface area contributed by atoms with Gasteiger partial charge in [-0.2, -0.15) is 0 Å². The highest BCUT2D eigenvalue weighted by Gasteiger charge is 2.25. The van der Waals surface area contributed by atoms with E-state index in [0.717, 1.165) is 12.8 Å². The molecular weight excluding hydrogens is 182 g/mol. The molecular formula is C10H17NO3. The van der Waals surface area contributed by atoms with Crippen LogP contribution in [0.4, 0.5) is 0 Å². The highest BCUT2D eigenvalue weighted by molar-refractivity contribution is 5.81. The molecule has 0 saturated heterocycles. The van der Waals surface area contributed by atoms with Crippen molar-refractivity contribution in [3.05, 3.63) is 0 Å². The Morgan fingerprint density at radius 3 is 2.43 bits per heavy atom. The van der Waals surface area contributed by atoms with Gasteiger partial charge in [0.1, 0.15) is 0 Å². The van der Waals surface area contributed by atoms with Crippen molar-refractivity contribution >= 4 is 11.9 Å². The first-order valence-corrected chi connectivity index (χ1v) is 5.06. The van der Waals surface area contributed by atoms with E-state index in [-0.39, 0.29) is 0 Å². The van der Waals surface area contributed by atoms with Gasteiger partial charge in [0, 0.05) is 6.92 Å². The number of amides is 1. The van der Waals surface area contributed by atoms with Crippen LogP contribution in [0, 0.1) is 5.92 Å². The van der Waals surface area contributed by atoms with Crippen LogP contribution in [0.1, 0.15) is 39.0 Å². The van der Waals surface area contributed by atoms with Crippen molar-refractivity contribution in [3.8, 4) is 0 Å². The fourth-order valence-corrected chi connectivity index (χ4v) is 1.97. The minimum atomic E-state index is -0.726. The molecule has 4 nitrogen and oxygen atoms in total. The summed E-state index contributed by atoms with van der Waals surface area (Å²) >= 11 is 0. The lowest BCUT2D eigenvalue weighted by molar-refractivity contribution is -0.153. The summed E-state index contributed by atoms with van der Waals surface area (Å²) in [6, 6.07) is 0. The normalized spacial score (nSPS) is 19.2. The summed E-state index contributed by atoms with van der Waals surface area (Å²) in [5, 5.41) is 0. The molecule has 80 valence electrons. The maximum atomic E-state index is 11.0. The van der Waals surface area contributed by atoms with Crippen LogP contribution in [0.25, 0.3) is 0 Å². The van der Waals surface area contributed by atoms with Crippen molar-refractivity contribution in [1.82, 2.24) is 0 Å². The van der Waals surface area contributed by atoms with Crippen molar-refractivity contribution in [2.24, 2.45) is 11.7 Å². The van der Waals surface area contributed by atoms with Gasteiger partial charge in [-0.1, -0.05) is 25.7 Å². The molecule has 1 saturated carbocycles. The second-order valence-electron chi connectivity index (χ2n) is 3.89. The van der Waals surface area contributed by atoms with Gasteiger partial charge in [-0.3, -0.25) is 9.59 Å². The molecule has 14 heavy (non-hydrogen) atoms. The van der Waals surface area contributed by atoms with E-state index < -0.39 is 18.0 Å². The summed E-state index contributed by atoms with van der Waals surface area (Å²) in [7, 11) is 0. The van der Waals surface area contributed by atoms with Crippen LogP contribution in [0.5, 0.6) is 0 Å². The van der Waals surface area contributed by atoms with Gasteiger partial charge in [-0.05, 0) is 12.3 Å². The summed E-state index contributed by atoms with van der Waals surface area (Å²) < 4.78 is 4.86. The van der Waals surface area contributed by atoms with E-state index in [4.69, 9.17) is 10.5 Å². The number of hydrogen-bond acceptors (Lipinski definition) is 3. The smallest absolute Gasteiger partial charge is 0.303 e. The third-order valence-corrected chi connectivity index (χ3v) is 2.65. The molecule has 0 aliphatic heterocycles. The quantitative estimate of drug-likeness (QED) is 0.686. The van der Waals surface area contributed by atoms with Crippen LogP contribution in [-0.2, 0) is 14.3 Å². The van der Waals surface area contributed by atoms with Gasteiger partial charge in [-0.15, -0.1) is 0 Å². The molecule has 1 aliphatic carbocycles. The van der Waals surface area contributed by atoms with E-state index >= 15 is 0 Å². The number of carbonyl (C=O) groups is 2. The van der Waals surface area contributed by atoms with Crippen LogP contribution in [-0.4, -0.2) is 18.0 Å². The highest BCUT2D eigenvalue weighted by atomic mass is 16.5. The molecule has 1 atom stereocenters. The van der Waals surface area contributed by atoms with Gasteiger partial charge in [-0.25, -0.2) is 0 Å². The fraction of sp³-hybridized carbons (Fsp3) is 0.800. The number of nitrogens with two attached hydrogens (primary N) is 1. The van der Waals surface area contributed by atoms with Crippen molar-refractivity contribution in [3.63, 3.8) is 0 Å². The molecule has 0 spiro atoms. The highest BCUT2D eigenvalue weighted by Crippen LogP contribution is 2.29. The molecule has 0 aromatic rings. The first-order chi connectivity index (χ1) is 6.59. The van der Waals surface area contributed by atoms with Gasteiger partial charge < -0.3 is 10.5 Å². The number of carbonyl (C=O) groups excluding carboxylic acids is 2. The van der Waals surface area contributed by atoms with Crippen molar-refractivity contribution in [2.45, 2.75) is 45.1 Å². The zero-order valence-electron chi connectivity index (χ0n) is 8.49. The molecule has 0 bridgehead atoms. The van der Waals surface area contributed by atoms with Crippen molar-refractivity contribution in [1.29, 1.82) is 0 Å². The van der Waals surface area contributed by atoms with Crippen LogP contribution in [0.2, 0.25) is 0 Å². The zero-order chi connectivity index (χ0) is 10.6. The Hall–Kier alpha value is -1.06. The maximum Gasteiger partial charge on any atom is 0.303 e. The van der Waals surface area contributed by atoms with Crippen LogP contribution in [0.15, 0.2) is 0 Å². The number of ether oxygens (including phenoxy) is 1. The van der Waals surface area contributed by atoms with E-state index in [1.807, 2.05) is 0 Å². The molecule has 1 aliphatic rings. The molecule has 1 rings (SSSR count). The Balaban J connectivity index is 2.41. The van der Waals surface area contributed by atoms with E-state index in [0.29, 0.717) is 12.3 Å². The molecule has 1 amide bonds.